The molecule has 1 aliphatic carbocycles. The van der Waals surface area contributed by atoms with Gasteiger partial charge in [0.1, 0.15) is 0 Å². The summed E-state index contributed by atoms with van der Waals surface area (Å²) in [6.45, 7) is 0. The number of hydrogen-bond donors (Lipinski definition) is 1. The minimum atomic E-state index is -4.70. The van der Waals surface area contributed by atoms with Crippen LogP contribution in [0.4, 0.5) is 28.4 Å². The van der Waals surface area contributed by atoms with E-state index in [2.05, 4.69) is 5.32 Å². The van der Waals surface area contributed by atoms with E-state index in [4.69, 9.17) is 5.26 Å². The van der Waals surface area contributed by atoms with Crippen molar-refractivity contribution in [1.29, 1.82) is 5.26 Å². The fraction of sp³-hybridized carbons (Fsp3) is 0.280. The number of alkyl halides is 3. The number of allylic oxidation sites excluding steroid dienone is 1. The highest BCUT2D eigenvalue weighted by atomic mass is 32.2. The fourth-order valence-electron chi connectivity index (χ4n) is 4.91. The van der Waals surface area contributed by atoms with Gasteiger partial charge >= 0.3 is 18.2 Å². The number of benzene rings is 2. The highest BCUT2D eigenvalue weighted by molar-refractivity contribution is 7.92. The van der Waals surface area contributed by atoms with Gasteiger partial charge in [0.15, 0.2) is 15.6 Å². The summed E-state index contributed by atoms with van der Waals surface area (Å²) >= 11 is 0. The maximum absolute atomic E-state index is 13.9. The minimum Gasteiger partial charge on any atom is -0.333 e. The maximum atomic E-state index is 13.9. The summed E-state index contributed by atoms with van der Waals surface area (Å²) in [6.07, 6.45) is -4.65. The third-order valence-corrected chi connectivity index (χ3v) is 8.46. The van der Waals surface area contributed by atoms with Gasteiger partial charge in [0.25, 0.3) is 0 Å². The van der Waals surface area contributed by atoms with Gasteiger partial charge in [-0.25, -0.2) is 22.9 Å². The number of nitrogens with one attached hydrogen (secondary N) is 1. The molecule has 0 saturated carbocycles. The molecule has 0 aromatic heterocycles. The Morgan fingerprint density at radius 3 is 2.34 bits per heavy atom. The molecule has 2 heterocycles. The zero-order chi connectivity index (χ0) is 27.4. The molecule has 4 amide bonds. The summed E-state index contributed by atoms with van der Waals surface area (Å²) < 4.78 is 63.5. The van der Waals surface area contributed by atoms with Gasteiger partial charge in [-0.05, 0) is 42.3 Å². The van der Waals surface area contributed by atoms with Crippen LogP contribution in [-0.4, -0.2) is 48.7 Å². The number of Topliss-reactive ketones (excluding diaryl/α,β-unsaturated/α-hetero) is 1. The maximum Gasteiger partial charge on any atom is 0.416 e. The zero-order valence-corrected chi connectivity index (χ0v) is 20.3. The molecule has 13 heteroatoms. The number of halogens is 3. The Morgan fingerprint density at radius 1 is 1.05 bits per heavy atom. The Hall–Kier alpha value is -4.18. The molecule has 38 heavy (non-hydrogen) atoms. The summed E-state index contributed by atoms with van der Waals surface area (Å²) in [5.74, 6) is -1.04. The Balaban J connectivity index is 1.64. The lowest BCUT2D eigenvalue weighted by Crippen LogP contribution is -2.60. The Bertz CT molecular complexity index is 1530. The number of carbonyl (C=O) groups is 3. The monoisotopic (exact) mass is 544 g/mol. The van der Waals surface area contributed by atoms with E-state index in [1.807, 2.05) is 6.07 Å². The molecule has 1 fully saturated rings. The number of rotatable bonds is 3. The van der Waals surface area contributed by atoms with Crippen molar-refractivity contribution in [2.24, 2.45) is 0 Å². The van der Waals surface area contributed by atoms with E-state index in [1.165, 1.54) is 30.3 Å². The van der Waals surface area contributed by atoms with Crippen molar-refractivity contribution in [1.82, 2.24) is 10.2 Å². The van der Waals surface area contributed by atoms with Crippen LogP contribution >= 0.6 is 0 Å². The van der Waals surface area contributed by atoms with Crippen molar-refractivity contribution in [2.75, 3.05) is 16.4 Å². The summed E-state index contributed by atoms with van der Waals surface area (Å²) in [6, 6.07) is 7.86. The fourth-order valence-corrected chi connectivity index (χ4v) is 6.20. The first-order valence-corrected chi connectivity index (χ1v) is 13.3. The number of hydrogen-bond acceptors (Lipinski definition) is 6. The third-order valence-electron chi connectivity index (χ3n) is 6.64. The second-order valence-corrected chi connectivity index (χ2v) is 11.3. The smallest absolute Gasteiger partial charge is 0.333 e. The second kappa shape index (κ2) is 8.98. The van der Waals surface area contributed by atoms with E-state index in [9.17, 15) is 36.0 Å². The zero-order valence-electron chi connectivity index (χ0n) is 19.5. The predicted molar refractivity (Wildman–Crippen MR) is 127 cm³/mol. The highest BCUT2D eigenvalue weighted by Gasteiger charge is 2.49. The predicted octanol–water partition coefficient (Wildman–Crippen LogP) is 3.68. The molecule has 5 rings (SSSR count). The van der Waals surface area contributed by atoms with Crippen molar-refractivity contribution in [3.63, 3.8) is 0 Å². The normalized spacial score (nSPS) is 21.2. The van der Waals surface area contributed by atoms with Crippen LogP contribution in [0.2, 0.25) is 0 Å². The minimum absolute atomic E-state index is 0.0173. The van der Waals surface area contributed by atoms with Crippen LogP contribution in [0.5, 0.6) is 0 Å². The molecule has 1 N–H and O–H groups in total. The average molecular weight is 545 g/mol. The number of nitrogens with zero attached hydrogens (tertiary/aromatic N) is 3. The number of ketones is 1. The molecule has 0 unspecified atom stereocenters. The van der Waals surface area contributed by atoms with Gasteiger partial charge in [-0.15, -0.1) is 0 Å². The highest BCUT2D eigenvalue weighted by Crippen LogP contribution is 2.45. The summed E-state index contributed by atoms with van der Waals surface area (Å²) in [5.41, 5.74) is -0.301. The lowest BCUT2D eigenvalue weighted by atomic mass is 9.92. The van der Waals surface area contributed by atoms with E-state index >= 15 is 0 Å². The molecular weight excluding hydrogens is 525 g/mol. The SMILES string of the molecule is N#Cc1ccc([C@@H]2C3=C(CCC3=O)N(c3cccc(C(F)(F)F)c3)C(=O)N2C(=O)NC2CS(=O)(=O)C2)cc1. The van der Waals surface area contributed by atoms with Gasteiger partial charge in [0.2, 0.25) is 0 Å². The van der Waals surface area contributed by atoms with E-state index in [0.29, 0.717) is 11.1 Å². The van der Waals surface area contributed by atoms with Gasteiger partial charge < -0.3 is 5.32 Å². The third kappa shape index (κ3) is 4.41. The van der Waals surface area contributed by atoms with Crippen LogP contribution in [0.25, 0.3) is 0 Å². The lowest BCUT2D eigenvalue weighted by molar-refractivity contribution is -0.137. The second-order valence-electron chi connectivity index (χ2n) is 9.18. The number of nitriles is 1. The number of sulfone groups is 1. The van der Waals surface area contributed by atoms with E-state index < -0.39 is 45.7 Å². The van der Waals surface area contributed by atoms with E-state index in [0.717, 1.165) is 28.0 Å². The molecular formula is C25H19F3N4O5S. The first kappa shape index (κ1) is 25.5. The summed E-state index contributed by atoms with van der Waals surface area (Å²) in [7, 11) is -3.32. The molecule has 2 aromatic rings. The summed E-state index contributed by atoms with van der Waals surface area (Å²) in [4.78, 5) is 42.1. The van der Waals surface area contributed by atoms with Crippen LogP contribution in [-0.2, 0) is 20.8 Å². The van der Waals surface area contributed by atoms with E-state index in [-0.39, 0.29) is 47.1 Å². The Kier molecular flexibility index (Phi) is 6.02. The van der Waals surface area contributed by atoms with Crippen molar-refractivity contribution in [3.8, 4) is 6.07 Å². The van der Waals surface area contributed by atoms with Gasteiger partial charge in [0, 0.05) is 17.7 Å². The molecule has 0 spiro atoms. The first-order valence-electron chi connectivity index (χ1n) is 11.5. The molecule has 2 aliphatic heterocycles. The van der Waals surface area contributed by atoms with Crippen molar-refractivity contribution < 1.29 is 36.0 Å². The molecule has 0 bridgehead atoms. The van der Waals surface area contributed by atoms with E-state index in [1.54, 1.807) is 0 Å². The number of amides is 4. The molecule has 9 nitrogen and oxygen atoms in total. The Morgan fingerprint density at radius 2 is 1.74 bits per heavy atom. The number of imide groups is 1. The van der Waals surface area contributed by atoms with Crippen molar-refractivity contribution in [3.05, 3.63) is 76.5 Å². The molecule has 2 aromatic carbocycles. The van der Waals surface area contributed by atoms with Gasteiger partial charge in [-0.3, -0.25) is 9.69 Å². The van der Waals surface area contributed by atoms with Gasteiger partial charge in [-0.1, -0.05) is 18.2 Å². The van der Waals surface area contributed by atoms with Crippen molar-refractivity contribution in [2.45, 2.75) is 31.1 Å². The molecule has 0 radical (unpaired) electrons. The lowest BCUT2D eigenvalue weighted by Gasteiger charge is -2.42. The number of urea groups is 2. The van der Waals surface area contributed by atoms with Crippen molar-refractivity contribution >= 4 is 33.4 Å². The summed E-state index contributed by atoms with van der Waals surface area (Å²) in [5, 5.41) is 11.6. The first-order chi connectivity index (χ1) is 17.9. The van der Waals surface area contributed by atoms with Crippen LogP contribution in [0.15, 0.2) is 59.8 Å². The molecule has 196 valence electrons. The topological polar surface area (TPSA) is 128 Å². The largest absolute Gasteiger partial charge is 0.416 e. The quantitative estimate of drug-likeness (QED) is 0.628. The van der Waals surface area contributed by atoms with Gasteiger partial charge in [-0.2, -0.15) is 18.4 Å². The molecule has 3 aliphatic rings. The number of anilines is 1. The molecule has 1 atom stereocenters. The van der Waals surface area contributed by atoms with Crippen LogP contribution < -0.4 is 10.2 Å². The van der Waals surface area contributed by atoms with Crippen LogP contribution in [0, 0.1) is 11.3 Å². The van der Waals surface area contributed by atoms with Gasteiger partial charge in [0.05, 0.1) is 46.5 Å². The van der Waals surface area contributed by atoms with Crippen LogP contribution in [0.3, 0.4) is 0 Å². The standard InChI is InChI=1S/C25H19F3N4O5S/c26-25(27,28)16-2-1-3-18(10-16)31-19-8-9-20(33)21(19)22(15-6-4-14(11-29)5-7-15)32(24(31)35)23(34)30-17-12-38(36,37)13-17/h1-7,10,17,22H,8-9,12-13H2,(H,30,34)/t22-/m1/s1. The number of carbonyl (C=O) groups excluding carboxylic acids is 3. The average Bonchev–Trinajstić information content (AvgIpc) is 3.22. The Labute approximate surface area is 215 Å². The van der Waals surface area contributed by atoms with Crippen LogP contribution in [0.1, 0.15) is 35.6 Å². The molecule has 1 saturated heterocycles.